The molecule has 0 N–H and O–H groups in total. The van der Waals surface area contributed by atoms with Crippen molar-refractivity contribution in [2.75, 3.05) is 13.2 Å². The fraction of sp³-hybridized carbons (Fsp3) is 0.676. The Morgan fingerprint density at radius 3 is 1.18 bits per heavy atom. The zero-order valence-corrected chi connectivity index (χ0v) is 73.9. The van der Waals surface area contributed by atoms with Crippen LogP contribution in [0.5, 0.6) is 11.5 Å². The lowest BCUT2D eigenvalue weighted by molar-refractivity contribution is -0.163. The predicted molar refractivity (Wildman–Crippen MR) is 474 cm³/mol. The molecule has 8 fully saturated rings. The van der Waals surface area contributed by atoms with Crippen molar-refractivity contribution in [1.29, 1.82) is 0 Å². The summed E-state index contributed by atoms with van der Waals surface area (Å²) in [5.74, 6) is 13.7. The van der Waals surface area contributed by atoms with Crippen LogP contribution in [0.15, 0.2) is 109 Å². The molecule has 0 aliphatic heterocycles. The second kappa shape index (κ2) is 35.8. The number of ether oxygens (including phenoxy) is 4. The summed E-state index contributed by atoms with van der Waals surface area (Å²) in [5.41, 5.74) is 12.6. The highest BCUT2D eigenvalue weighted by molar-refractivity contribution is 7.19. The van der Waals surface area contributed by atoms with E-state index in [4.69, 9.17) is 18.9 Å². The van der Waals surface area contributed by atoms with Gasteiger partial charge in [0.25, 0.3) is 0 Å². The number of rotatable bonds is 34. The summed E-state index contributed by atoms with van der Waals surface area (Å²) in [6.07, 6.45) is 43.3. The number of carbonyl (C=O) groups excluding carboxylic acids is 2. The highest BCUT2D eigenvalue weighted by Crippen LogP contribution is 2.71. The largest absolute Gasteiger partial charge is 0.494 e. The number of hydrogen-bond donors (Lipinski definition) is 0. The molecule has 2 aromatic heterocycles. The van der Waals surface area contributed by atoms with Crippen LogP contribution in [0, 0.1) is 105 Å². The maximum absolute atomic E-state index is 13.3. The van der Waals surface area contributed by atoms with Gasteiger partial charge in [-0.2, -0.15) is 0 Å². The van der Waals surface area contributed by atoms with Gasteiger partial charge in [0.15, 0.2) is 0 Å². The van der Waals surface area contributed by atoms with Crippen molar-refractivity contribution in [1.82, 2.24) is 0 Å². The highest BCUT2D eigenvalue weighted by atomic mass is 32.1. The molecule has 0 saturated heterocycles. The monoisotopic (exact) mass is 1570 g/mol. The fourth-order valence-corrected chi connectivity index (χ4v) is 29.7. The Kier molecular flexibility index (Phi) is 26.3. The predicted octanol–water partition coefficient (Wildman–Crippen LogP) is 30.3. The average molecular weight is 1570 g/mol. The molecule has 113 heavy (non-hydrogen) atoms. The first-order valence-electron chi connectivity index (χ1n) is 47.0. The second-order valence-corrected chi connectivity index (χ2v) is 43.1. The summed E-state index contributed by atoms with van der Waals surface area (Å²) in [7, 11) is 0. The van der Waals surface area contributed by atoms with Crippen LogP contribution >= 0.6 is 22.7 Å². The molecule has 15 rings (SSSR count). The summed E-state index contributed by atoms with van der Waals surface area (Å²) in [6.45, 7) is 31.5. The minimum absolute atomic E-state index is 0.00785. The Labute approximate surface area is 692 Å². The van der Waals surface area contributed by atoms with E-state index in [0.717, 1.165) is 172 Å². The van der Waals surface area contributed by atoms with Crippen molar-refractivity contribution in [2.24, 2.45) is 105 Å². The van der Waals surface area contributed by atoms with Gasteiger partial charge in [0, 0.05) is 37.8 Å². The number of carbonyl (C=O) groups is 2. The zero-order valence-electron chi connectivity index (χ0n) is 72.3. The number of unbranched alkanes of at least 4 members (excludes halogenated alkanes) is 4. The minimum Gasteiger partial charge on any atom is -0.494 e. The number of benzene rings is 4. The Morgan fingerprint density at radius 1 is 0.398 bits per heavy atom. The van der Waals surface area contributed by atoms with Crippen LogP contribution in [-0.2, 0) is 24.5 Å². The topological polar surface area (TPSA) is 71.1 Å². The van der Waals surface area contributed by atoms with Crippen molar-refractivity contribution < 1.29 is 28.5 Å². The van der Waals surface area contributed by atoms with E-state index in [1.807, 2.05) is 22.7 Å². The van der Waals surface area contributed by atoms with E-state index in [2.05, 4.69) is 192 Å². The number of esters is 2. The summed E-state index contributed by atoms with van der Waals surface area (Å²) in [4.78, 5) is 31.7. The third kappa shape index (κ3) is 17.3. The molecule has 2 heterocycles. The van der Waals surface area contributed by atoms with Crippen LogP contribution in [0.3, 0.4) is 0 Å². The highest BCUT2D eigenvalue weighted by Gasteiger charge is 2.63. The summed E-state index contributed by atoms with van der Waals surface area (Å²) >= 11 is 3.75. The molecule has 9 aliphatic carbocycles. The van der Waals surface area contributed by atoms with Crippen molar-refractivity contribution in [3.63, 3.8) is 0 Å². The Morgan fingerprint density at radius 2 is 0.779 bits per heavy atom. The molecule has 0 unspecified atom stereocenters. The normalized spacial score (nSPS) is 31.1. The van der Waals surface area contributed by atoms with Crippen molar-refractivity contribution in [3.05, 3.63) is 120 Å². The molecule has 0 bridgehead atoms. The molecule has 18 atom stereocenters. The Balaban J connectivity index is 0.472. The van der Waals surface area contributed by atoms with Crippen LogP contribution in [0.25, 0.3) is 52.9 Å². The first-order chi connectivity index (χ1) is 54.6. The van der Waals surface area contributed by atoms with Gasteiger partial charge in [-0.15, -0.1) is 22.7 Å². The van der Waals surface area contributed by atoms with Gasteiger partial charge < -0.3 is 18.9 Å². The van der Waals surface area contributed by atoms with Crippen LogP contribution in [0.2, 0.25) is 0 Å². The van der Waals surface area contributed by atoms with Gasteiger partial charge in [0.05, 0.1) is 13.2 Å². The third-order valence-corrected chi connectivity index (χ3v) is 36.0. The second-order valence-electron chi connectivity index (χ2n) is 40.9. The van der Waals surface area contributed by atoms with Gasteiger partial charge in [-0.25, -0.2) is 0 Å². The number of thiophene rings is 2. The van der Waals surface area contributed by atoms with Gasteiger partial charge >= 0.3 is 11.9 Å². The molecule has 8 saturated carbocycles. The molecular formula is C105H146O6S2. The zero-order chi connectivity index (χ0) is 78.8. The first-order valence-corrected chi connectivity index (χ1v) is 48.6. The molecule has 9 aliphatic rings. The van der Waals surface area contributed by atoms with E-state index in [9.17, 15) is 9.59 Å². The standard InChI is InChI=1S/C105H146O6S2/c1-13-57-105(58-14-2)93-65-75(97-51-49-95(112-97)73-29-37-79(38-30-73)108-63-19-15-17-27-99(106)110-81-53-59-101(9)77(67-81)35-43-85-89-47-45-87(71(7)25-21-23-69(3)4)103(89,11)61-55-91(85)101)33-41-83(93)84-42-34-76(66-94(84)105)98-52-50-96(113-98)74-31-39-80(40-32-74)109-64-20-16-18-28-100(107)111-82-54-60-102(10)78(68-82)36-44-86-90-48-46-88(72(8)26-22-24-70(5)6)104(90,12)62-56-92(86)102/h29-34,37-42,49-52,65-66,69-72,77-78,81-82,85-92H,13-28,35-36,43-48,53-64,67-68H2,1-12H3/t71-,72-,77+,78+,81+,82+,85+,86+,87-,88-,89+,90+,91+,92+,101+,102+,103-,104-/m1/s1. The quantitative estimate of drug-likeness (QED) is 0.0296. The lowest BCUT2D eigenvalue weighted by Crippen LogP contribution is -2.54. The molecule has 4 aromatic carbocycles. The van der Waals surface area contributed by atoms with Crippen LogP contribution in [0.4, 0.5) is 0 Å². The van der Waals surface area contributed by atoms with E-state index in [0.29, 0.717) is 59.6 Å². The van der Waals surface area contributed by atoms with Crippen molar-refractivity contribution in [2.45, 2.75) is 332 Å². The van der Waals surface area contributed by atoms with Crippen LogP contribution in [0.1, 0.15) is 325 Å². The minimum atomic E-state index is -0.0497. The van der Waals surface area contributed by atoms with Gasteiger partial charge in [-0.05, 0) is 401 Å². The van der Waals surface area contributed by atoms with Crippen molar-refractivity contribution >= 4 is 34.6 Å². The van der Waals surface area contributed by atoms with Crippen LogP contribution in [-0.4, -0.2) is 37.4 Å². The van der Waals surface area contributed by atoms with E-state index in [1.54, 1.807) is 0 Å². The molecule has 614 valence electrons. The summed E-state index contributed by atoms with van der Waals surface area (Å²) in [5, 5.41) is 0. The fourth-order valence-electron chi connectivity index (χ4n) is 27.7. The first kappa shape index (κ1) is 82.9. The summed E-state index contributed by atoms with van der Waals surface area (Å²) in [6, 6.07) is 41.1. The maximum Gasteiger partial charge on any atom is 0.306 e. The maximum atomic E-state index is 13.3. The molecule has 6 aromatic rings. The molecule has 6 nitrogen and oxygen atoms in total. The average Bonchev–Trinajstić information content (AvgIpc) is 1.60. The SMILES string of the molecule is CCCC1(CCC)c2cc(-c3ccc(-c4ccc(OCCCCCC(=O)O[C@H]5CC[C@@]6(C)[C@@H](CC[C@@H]7[C@@H]6CC[C@]6(C)[C@@H]([C@H](C)CCCC(C)C)CC[C@@H]76)C5)cc4)s3)ccc2-c2ccc(-c3ccc(-c4ccc(OCCCCCC(=O)O[C@H]5CC[C@@]6(C)[C@@H](CC[C@@H]7[C@@H]6CC[C@]6(C)[C@@H]([C@H](C)CCCC(C)C)CC[C@@H]76)C5)cc4)s3)cc21. The Bertz CT molecular complexity index is 3870. The van der Waals surface area contributed by atoms with Gasteiger partial charge in [-0.3, -0.25) is 9.59 Å². The van der Waals surface area contributed by atoms with Gasteiger partial charge in [0.1, 0.15) is 23.7 Å². The van der Waals surface area contributed by atoms with Gasteiger partial charge in [0.2, 0.25) is 0 Å². The summed E-state index contributed by atoms with van der Waals surface area (Å²) < 4.78 is 25.2. The van der Waals surface area contributed by atoms with Crippen molar-refractivity contribution in [3.8, 4) is 64.4 Å². The number of fused-ring (bicyclic) bond motifs is 13. The molecule has 8 heteroatoms. The van der Waals surface area contributed by atoms with E-state index in [1.165, 1.54) is 192 Å². The lowest BCUT2D eigenvalue weighted by atomic mass is 9.44. The lowest BCUT2D eigenvalue weighted by Gasteiger charge is -2.61. The van der Waals surface area contributed by atoms with E-state index >= 15 is 0 Å². The van der Waals surface area contributed by atoms with Gasteiger partial charge in [-0.1, -0.05) is 159 Å². The third-order valence-electron chi connectivity index (χ3n) is 33.6. The molecular weight excluding hydrogens is 1420 g/mol. The van der Waals surface area contributed by atoms with E-state index < -0.39 is 0 Å². The van der Waals surface area contributed by atoms with Crippen LogP contribution < -0.4 is 9.47 Å². The smallest absolute Gasteiger partial charge is 0.306 e. The molecule has 0 radical (unpaired) electrons. The number of hydrogen-bond acceptors (Lipinski definition) is 8. The Hall–Kier alpha value is -5.18. The molecule has 0 spiro atoms. The molecule has 0 amide bonds. The van der Waals surface area contributed by atoms with E-state index in [-0.39, 0.29) is 29.6 Å².